The van der Waals surface area contributed by atoms with Gasteiger partial charge in [-0.15, -0.1) is 0 Å². The number of aryl methyl sites for hydroxylation is 2. The van der Waals surface area contributed by atoms with Gasteiger partial charge in [-0.25, -0.2) is 8.42 Å². The van der Waals surface area contributed by atoms with E-state index >= 15 is 0 Å². The van der Waals surface area contributed by atoms with Crippen LogP contribution in [0.1, 0.15) is 17.7 Å². The molecule has 124 valence electrons. The largest absolute Gasteiger partial charge is 0.495 e. The molecule has 0 amide bonds. The normalized spacial score (nSPS) is 14.7. The standard InChI is InChI=1S/C15H18ClN3O3S/c1-10-14(9-18(2)17-10)23(20,21)19-8-4-5-11-12(16)6-7-13(22-3)15(11)19/h6-7,9H,4-5,8H2,1-3H3. The van der Waals surface area contributed by atoms with Crippen LogP contribution in [0.3, 0.4) is 0 Å². The number of aromatic nitrogens is 2. The highest BCUT2D eigenvalue weighted by Gasteiger charge is 2.34. The van der Waals surface area contributed by atoms with E-state index in [4.69, 9.17) is 16.3 Å². The summed E-state index contributed by atoms with van der Waals surface area (Å²) in [6, 6.07) is 3.44. The molecule has 3 rings (SSSR count). The SMILES string of the molecule is COc1ccc(Cl)c2c1N(S(=O)(=O)c1cn(C)nc1C)CCC2. The van der Waals surface area contributed by atoms with Crippen molar-refractivity contribution in [2.75, 3.05) is 18.0 Å². The number of nitrogens with zero attached hydrogens (tertiary/aromatic N) is 3. The molecule has 0 aliphatic carbocycles. The number of hydrogen-bond donors (Lipinski definition) is 0. The molecular weight excluding hydrogens is 338 g/mol. The first-order chi connectivity index (χ1) is 10.9. The number of rotatable bonds is 3. The molecule has 8 heteroatoms. The van der Waals surface area contributed by atoms with Crippen LogP contribution < -0.4 is 9.04 Å². The van der Waals surface area contributed by atoms with Crippen LogP contribution in [0.5, 0.6) is 5.75 Å². The molecule has 1 aliphatic rings. The Morgan fingerprint density at radius 3 is 2.70 bits per heavy atom. The summed E-state index contributed by atoms with van der Waals surface area (Å²) in [5.74, 6) is 0.509. The molecule has 0 N–H and O–H groups in total. The second-order valence-corrected chi connectivity index (χ2v) is 7.75. The zero-order valence-corrected chi connectivity index (χ0v) is 14.8. The topological polar surface area (TPSA) is 64.4 Å². The summed E-state index contributed by atoms with van der Waals surface area (Å²) in [5, 5.41) is 4.70. The van der Waals surface area contributed by atoms with Crippen molar-refractivity contribution < 1.29 is 13.2 Å². The van der Waals surface area contributed by atoms with Gasteiger partial charge in [-0.1, -0.05) is 11.6 Å². The Hall–Kier alpha value is -1.73. The van der Waals surface area contributed by atoms with Crippen molar-refractivity contribution >= 4 is 27.3 Å². The summed E-state index contributed by atoms with van der Waals surface area (Å²) in [6.07, 6.45) is 2.96. The van der Waals surface area contributed by atoms with Gasteiger partial charge in [0.05, 0.1) is 18.5 Å². The highest BCUT2D eigenvalue weighted by atomic mass is 35.5. The Morgan fingerprint density at radius 1 is 1.35 bits per heavy atom. The first kappa shape index (κ1) is 16.1. The average Bonchev–Trinajstić information content (AvgIpc) is 2.87. The molecule has 6 nitrogen and oxygen atoms in total. The van der Waals surface area contributed by atoms with E-state index in [-0.39, 0.29) is 4.90 Å². The van der Waals surface area contributed by atoms with Gasteiger partial charge in [-0.2, -0.15) is 5.10 Å². The number of methoxy groups -OCH3 is 1. The van der Waals surface area contributed by atoms with Gasteiger partial charge in [-0.3, -0.25) is 8.99 Å². The van der Waals surface area contributed by atoms with Gasteiger partial charge >= 0.3 is 0 Å². The monoisotopic (exact) mass is 355 g/mol. The fourth-order valence-electron chi connectivity index (χ4n) is 2.97. The minimum absolute atomic E-state index is 0.204. The molecule has 0 atom stereocenters. The summed E-state index contributed by atoms with van der Waals surface area (Å²) < 4.78 is 34.5. The van der Waals surface area contributed by atoms with Crippen molar-refractivity contribution in [3.8, 4) is 5.75 Å². The lowest BCUT2D eigenvalue weighted by molar-refractivity contribution is 0.414. The third-order valence-corrected chi connectivity index (χ3v) is 6.24. The first-order valence-corrected chi connectivity index (χ1v) is 9.06. The molecule has 0 bridgehead atoms. The van der Waals surface area contributed by atoms with Crippen molar-refractivity contribution in [2.45, 2.75) is 24.7 Å². The predicted octanol–water partition coefficient (Wildman–Crippen LogP) is 2.53. The van der Waals surface area contributed by atoms with E-state index in [0.717, 1.165) is 12.0 Å². The zero-order chi connectivity index (χ0) is 16.8. The Kier molecular flexibility index (Phi) is 4.01. The lowest BCUT2D eigenvalue weighted by Gasteiger charge is -2.32. The highest BCUT2D eigenvalue weighted by Crippen LogP contribution is 2.42. The summed E-state index contributed by atoms with van der Waals surface area (Å²) in [5.41, 5.74) is 1.82. The molecule has 0 saturated carbocycles. The van der Waals surface area contributed by atoms with Crippen LogP contribution >= 0.6 is 11.6 Å². The van der Waals surface area contributed by atoms with Crippen LogP contribution in [0, 0.1) is 6.92 Å². The van der Waals surface area contributed by atoms with E-state index in [1.807, 2.05) is 0 Å². The van der Waals surface area contributed by atoms with E-state index in [1.54, 1.807) is 26.1 Å². The second-order valence-electron chi connectivity index (χ2n) is 5.51. The molecule has 2 heterocycles. The predicted molar refractivity (Wildman–Crippen MR) is 88.8 cm³/mol. The first-order valence-electron chi connectivity index (χ1n) is 7.24. The van der Waals surface area contributed by atoms with Crippen LogP contribution in [0.25, 0.3) is 0 Å². The fraction of sp³-hybridized carbons (Fsp3) is 0.400. The van der Waals surface area contributed by atoms with E-state index in [2.05, 4.69) is 5.10 Å². The van der Waals surface area contributed by atoms with Crippen molar-refractivity contribution in [1.82, 2.24) is 9.78 Å². The maximum Gasteiger partial charge on any atom is 0.267 e. The quantitative estimate of drug-likeness (QED) is 0.848. The van der Waals surface area contributed by atoms with Crippen LogP contribution in [0.15, 0.2) is 23.2 Å². The van der Waals surface area contributed by atoms with E-state index < -0.39 is 10.0 Å². The van der Waals surface area contributed by atoms with Gasteiger partial charge in [0.2, 0.25) is 0 Å². The summed E-state index contributed by atoms with van der Waals surface area (Å²) >= 11 is 6.27. The third-order valence-electron chi connectivity index (χ3n) is 3.98. The molecule has 23 heavy (non-hydrogen) atoms. The van der Waals surface area contributed by atoms with Crippen molar-refractivity contribution in [3.05, 3.63) is 34.6 Å². The number of benzene rings is 1. The van der Waals surface area contributed by atoms with Gasteiger partial charge in [0.15, 0.2) is 0 Å². The molecular formula is C15H18ClN3O3S. The second kappa shape index (κ2) is 5.72. The summed E-state index contributed by atoms with van der Waals surface area (Å²) in [6.45, 7) is 2.08. The maximum absolute atomic E-state index is 13.1. The van der Waals surface area contributed by atoms with Crippen molar-refractivity contribution in [2.24, 2.45) is 7.05 Å². The Balaban J connectivity index is 2.21. The van der Waals surface area contributed by atoms with E-state index in [9.17, 15) is 8.42 Å². The van der Waals surface area contributed by atoms with Crippen molar-refractivity contribution in [1.29, 1.82) is 0 Å². The highest BCUT2D eigenvalue weighted by molar-refractivity contribution is 7.92. The molecule has 0 fully saturated rings. The lowest BCUT2D eigenvalue weighted by Crippen LogP contribution is -2.36. The molecule has 0 radical (unpaired) electrons. The average molecular weight is 356 g/mol. The number of hydrogen-bond acceptors (Lipinski definition) is 4. The molecule has 1 aromatic heterocycles. The van der Waals surface area contributed by atoms with Crippen LogP contribution in [0.2, 0.25) is 5.02 Å². The number of anilines is 1. The number of fused-ring (bicyclic) bond motifs is 1. The van der Waals surface area contributed by atoms with Crippen LogP contribution in [0.4, 0.5) is 5.69 Å². The van der Waals surface area contributed by atoms with Gasteiger partial charge in [0.1, 0.15) is 10.6 Å². The number of ether oxygens (including phenoxy) is 1. The van der Waals surface area contributed by atoms with Gasteiger partial charge in [-0.05, 0) is 37.5 Å². The summed E-state index contributed by atoms with van der Waals surface area (Å²) in [4.78, 5) is 0.204. The lowest BCUT2D eigenvalue weighted by atomic mass is 10.0. The fourth-order valence-corrected chi connectivity index (χ4v) is 4.96. The molecule has 0 spiro atoms. The maximum atomic E-state index is 13.1. The third kappa shape index (κ3) is 2.57. The van der Waals surface area contributed by atoms with Crippen molar-refractivity contribution in [3.63, 3.8) is 0 Å². The van der Waals surface area contributed by atoms with Gasteiger partial charge < -0.3 is 4.74 Å². The van der Waals surface area contributed by atoms with E-state index in [0.29, 0.717) is 35.1 Å². The Labute approximate surface area is 140 Å². The molecule has 1 aromatic carbocycles. The van der Waals surface area contributed by atoms with Crippen LogP contribution in [-0.4, -0.2) is 31.9 Å². The molecule has 0 unspecified atom stereocenters. The molecule has 2 aromatic rings. The summed E-state index contributed by atoms with van der Waals surface area (Å²) in [7, 11) is -0.495. The smallest absolute Gasteiger partial charge is 0.267 e. The molecule has 0 saturated heterocycles. The Morgan fingerprint density at radius 2 is 2.09 bits per heavy atom. The molecule has 1 aliphatic heterocycles. The number of halogens is 1. The minimum Gasteiger partial charge on any atom is -0.495 e. The van der Waals surface area contributed by atoms with E-state index in [1.165, 1.54) is 22.3 Å². The minimum atomic E-state index is -3.72. The van der Waals surface area contributed by atoms with Gasteiger partial charge in [0.25, 0.3) is 10.0 Å². The zero-order valence-electron chi connectivity index (χ0n) is 13.2. The van der Waals surface area contributed by atoms with Gasteiger partial charge in [0, 0.05) is 24.8 Å². The van der Waals surface area contributed by atoms with Crippen LogP contribution in [-0.2, 0) is 23.5 Å². The Bertz CT molecular complexity index is 861. The number of sulfonamides is 1.